The maximum Gasteiger partial charge on any atom is 0.254 e. The standard InChI is InChI=1S/C20H27N3O6S2/c24-19(16-4-3-5-18(14-16)31(28,29)23-7-1-2-8-23)21-9-11-22(12-10-21)20(25)17-6-13-30(26,27)15-17/h3-5,14,17H,1-2,6-13,15H2. The van der Waals surface area contributed by atoms with Gasteiger partial charge in [-0.1, -0.05) is 6.07 Å². The zero-order valence-corrected chi connectivity index (χ0v) is 18.9. The second-order valence-electron chi connectivity index (χ2n) is 8.36. The van der Waals surface area contributed by atoms with Crippen LogP contribution >= 0.6 is 0 Å². The first-order valence-electron chi connectivity index (χ1n) is 10.6. The van der Waals surface area contributed by atoms with Crippen molar-refractivity contribution in [2.45, 2.75) is 24.2 Å². The average Bonchev–Trinajstić information content (AvgIpc) is 3.43. The van der Waals surface area contributed by atoms with Crippen LogP contribution in [0.4, 0.5) is 0 Å². The Morgan fingerprint density at radius 1 is 0.935 bits per heavy atom. The summed E-state index contributed by atoms with van der Waals surface area (Å²) >= 11 is 0. The molecule has 3 saturated heterocycles. The predicted octanol–water partition coefficient (Wildman–Crippen LogP) is 0.190. The number of nitrogens with zero attached hydrogens (tertiary/aromatic N) is 3. The van der Waals surface area contributed by atoms with Crippen LogP contribution in [0.1, 0.15) is 29.6 Å². The summed E-state index contributed by atoms with van der Waals surface area (Å²) in [4.78, 5) is 28.9. The molecule has 0 N–H and O–H groups in total. The Morgan fingerprint density at radius 2 is 1.58 bits per heavy atom. The summed E-state index contributed by atoms with van der Waals surface area (Å²) in [6.07, 6.45) is 2.04. The van der Waals surface area contributed by atoms with Crippen LogP contribution < -0.4 is 0 Å². The highest BCUT2D eigenvalue weighted by Gasteiger charge is 2.37. The molecule has 1 aromatic carbocycles. The lowest BCUT2D eigenvalue weighted by Crippen LogP contribution is -2.52. The first-order chi connectivity index (χ1) is 14.7. The van der Waals surface area contributed by atoms with Gasteiger partial charge in [0.15, 0.2) is 9.84 Å². The monoisotopic (exact) mass is 469 g/mol. The maximum atomic E-state index is 13.0. The van der Waals surface area contributed by atoms with Gasteiger partial charge in [0.1, 0.15) is 0 Å². The fraction of sp³-hybridized carbons (Fsp3) is 0.600. The minimum Gasteiger partial charge on any atom is -0.339 e. The van der Waals surface area contributed by atoms with Crippen LogP contribution in [0.3, 0.4) is 0 Å². The number of hydrogen-bond acceptors (Lipinski definition) is 6. The van der Waals surface area contributed by atoms with Crippen molar-refractivity contribution in [3.05, 3.63) is 29.8 Å². The molecule has 3 heterocycles. The van der Waals surface area contributed by atoms with Gasteiger partial charge < -0.3 is 9.80 Å². The first kappa shape index (κ1) is 22.2. The Bertz CT molecular complexity index is 1070. The second-order valence-corrected chi connectivity index (χ2v) is 12.5. The van der Waals surface area contributed by atoms with E-state index in [9.17, 15) is 26.4 Å². The Labute approximate surface area is 183 Å². The highest BCUT2D eigenvalue weighted by molar-refractivity contribution is 7.91. The van der Waals surface area contributed by atoms with Gasteiger partial charge in [0.05, 0.1) is 22.3 Å². The number of carbonyl (C=O) groups excluding carboxylic acids is 2. The van der Waals surface area contributed by atoms with E-state index in [4.69, 9.17) is 0 Å². The minimum absolute atomic E-state index is 0.0541. The Balaban J connectivity index is 1.39. The second kappa shape index (κ2) is 8.51. The molecule has 0 aliphatic carbocycles. The molecule has 0 radical (unpaired) electrons. The zero-order valence-electron chi connectivity index (χ0n) is 17.3. The van der Waals surface area contributed by atoms with Crippen LogP contribution in [-0.2, 0) is 24.7 Å². The average molecular weight is 470 g/mol. The van der Waals surface area contributed by atoms with Crippen LogP contribution in [0.15, 0.2) is 29.2 Å². The van der Waals surface area contributed by atoms with Crippen molar-refractivity contribution in [3.8, 4) is 0 Å². The summed E-state index contributed by atoms with van der Waals surface area (Å²) in [6, 6.07) is 6.12. The van der Waals surface area contributed by atoms with Crippen molar-refractivity contribution in [1.29, 1.82) is 0 Å². The van der Waals surface area contributed by atoms with Gasteiger partial charge in [-0.05, 0) is 37.5 Å². The highest BCUT2D eigenvalue weighted by atomic mass is 32.2. The SMILES string of the molecule is O=C(c1cccc(S(=O)(=O)N2CCCC2)c1)N1CCN(C(=O)C2CCS(=O)(=O)C2)CC1. The summed E-state index contributed by atoms with van der Waals surface area (Å²) in [7, 11) is -6.73. The fourth-order valence-corrected chi connectivity index (χ4v) is 7.72. The molecule has 1 aromatic rings. The van der Waals surface area contributed by atoms with E-state index in [0.717, 1.165) is 12.8 Å². The lowest BCUT2D eigenvalue weighted by Gasteiger charge is -2.36. The fourth-order valence-electron chi connectivity index (χ4n) is 4.43. The molecule has 1 unspecified atom stereocenters. The van der Waals surface area contributed by atoms with Gasteiger partial charge in [-0.3, -0.25) is 9.59 Å². The van der Waals surface area contributed by atoms with Crippen LogP contribution in [0.2, 0.25) is 0 Å². The molecule has 9 nitrogen and oxygen atoms in total. The molecule has 0 spiro atoms. The highest BCUT2D eigenvalue weighted by Crippen LogP contribution is 2.24. The third-order valence-electron chi connectivity index (χ3n) is 6.24. The van der Waals surface area contributed by atoms with Crippen molar-refractivity contribution in [1.82, 2.24) is 14.1 Å². The molecule has 3 aliphatic rings. The van der Waals surface area contributed by atoms with E-state index in [1.54, 1.807) is 21.9 Å². The van der Waals surface area contributed by atoms with Crippen molar-refractivity contribution >= 4 is 31.7 Å². The normalized spacial score (nSPS) is 24.5. The number of sulfone groups is 1. The van der Waals surface area contributed by atoms with E-state index in [1.807, 2.05) is 0 Å². The summed E-state index contributed by atoms with van der Waals surface area (Å²) in [5, 5.41) is 0. The van der Waals surface area contributed by atoms with E-state index >= 15 is 0 Å². The number of hydrogen-bond donors (Lipinski definition) is 0. The molecular weight excluding hydrogens is 442 g/mol. The Kier molecular flexibility index (Phi) is 6.10. The third-order valence-corrected chi connectivity index (χ3v) is 9.91. The topological polar surface area (TPSA) is 112 Å². The zero-order chi connectivity index (χ0) is 22.2. The van der Waals surface area contributed by atoms with Gasteiger partial charge in [0.2, 0.25) is 15.9 Å². The molecule has 1 atom stereocenters. The molecule has 4 rings (SSSR count). The molecule has 3 fully saturated rings. The minimum atomic E-state index is -3.60. The van der Waals surface area contributed by atoms with Crippen molar-refractivity contribution < 1.29 is 26.4 Å². The number of sulfonamides is 1. The molecule has 0 bridgehead atoms. The number of carbonyl (C=O) groups is 2. The lowest BCUT2D eigenvalue weighted by molar-refractivity contribution is -0.136. The largest absolute Gasteiger partial charge is 0.339 e. The quantitative estimate of drug-likeness (QED) is 0.622. The van der Waals surface area contributed by atoms with Gasteiger partial charge in [-0.15, -0.1) is 0 Å². The summed E-state index contributed by atoms with van der Waals surface area (Å²) in [5.41, 5.74) is 0.307. The lowest BCUT2D eigenvalue weighted by atomic mass is 10.1. The maximum absolute atomic E-state index is 13.0. The van der Waals surface area contributed by atoms with Gasteiger partial charge in [-0.2, -0.15) is 4.31 Å². The smallest absolute Gasteiger partial charge is 0.254 e. The van der Waals surface area contributed by atoms with Crippen LogP contribution in [0, 0.1) is 5.92 Å². The van der Waals surface area contributed by atoms with Crippen molar-refractivity contribution in [3.63, 3.8) is 0 Å². The van der Waals surface area contributed by atoms with Crippen LogP contribution in [0.5, 0.6) is 0 Å². The molecule has 2 amide bonds. The number of rotatable bonds is 4. The molecular formula is C20H27N3O6S2. The van der Waals surface area contributed by atoms with Crippen LogP contribution in [-0.4, -0.2) is 93.5 Å². The van der Waals surface area contributed by atoms with E-state index in [2.05, 4.69) is 0 Å². The number of amides is 2. The van der Waals surface area contributed by atoms with Gasteiger partial charge in [0, 0.05) is 44.8 Å². The van der Waals surface area contributed by atoms with Gasteiger partial charge in [-0.25, -0.2) is 16.8 Å². The van der Waals surface area contributed by atoms with Gasteiger partial charge in [0.25, 0.3) is 5.91 Å². The summed E-state index contributed by atoms with van der Waals surface area (Å²) in [5.74, 6) is -0.956. The van der Waals surface area contributed by atoms with E-state index in [0.29, 0.717) is 51.3 Å². The van der Waals surface area contributed by atoms with E-state index < -0.39 is 25.8 Å². The molecule has 3 aliphatic heterocycles. The Hall–Kier alpha value is -1.98. The summed E-state index contributed by atoms with van der Waals surface area (Å²) in [6.45, 7) is 2.33. The molecule has 0 saturated carbocycles. The number of benzene rings is 1. The first-order valence-corrected chi connectivity index (χ1v) is 13.8. The predicted molar refractivity (Wildman–Crippen MR) is 114 cm³/mol. The van der Waals surface area contributed by atoms with Crippen molar-refractivity contribution in [2.24, 2.45) is 5.92 Å². The molecule has 0 aromatic heterocycles. The molecule has 11 heteroatoms. The van der Waals surface area contributed by atoms with E-state index in [1.165, 1.54) is 16.4 Å². The van der Waals surface area contributed by atoms with E-state index in [-0.39, 0.29) is 28.2 Å². The van der Waals surface area contributed by atoms with Gasteiger partial charge >= 0.3 is 0 Å². The molecule has 170 valence electrons. The Morgan fingerprint density at radius 3 is 2.19 bits per heavy atom. The van der Waals surface area contributed by atoms with Crippen molar-refractivity contribution in [2.75, 3.05) is 50.8 Å². The molecule has 31 heavy (non-hydrogen) atoms. The van der Waals surface area contributed by atoms with Crippen LogP contribution in [0.25, 0.3) is 0 Å². The summed E-state index contributed by atoms with van der Waals surface area (Å²) < 4.78 is 50.3. The number of piperazine rings is 1. The third kappa shape index (κ3) is 4.63.